The molecule has 2 aromatic carbocycles. The van der Waals surface area contributed by atoms with Crippen molar-refractivity contribution < 1.29 is 29.1 Å². The van der Waals surface area contributed by atoms with Gasteiger partial charge in [0.05, 0.1) is 12.2 Å². The van der Waals surface area contributed by atoms with Crippen molar-refractivity contribution in [3.8, 4) is 5.75 Å². The van der Waals surface area contributed by atoms with Gasteiger partial charge in [-0.15, -0.1) is 0 Å². The summed E-state index contributed by atoms with van der Waals surface area (Å²) < 4.78 is 16.4. The molecule has 7 nitrogen and oxygen atoms in total. The van der Waals surface area contributed by atoms with Crippen molar-refractivity contribution >= 4 is 20.3 Å². The molecule has 0 radical (unpaired) electrons. The number of amides is 1. The van der Waals surface area contributed by atoms with Crippen LogP contribution in [-0.4, -0.2) is 34.7 Å². The minimum atomic E-state index is -1.47. The van der Waals surface area contributed by atoms with E-state index in [0.29, 0.717) is 18.4 Å². The van der Waals surface area contributed by atoms with Gasteiger partial charge in [0, 0.05) is 0 Å². The third-order valence-corrected chi connectivity index (χ3v) is 6.30. The number of esters is 1. The molecule has 0 spiro atoms. The fraction of sp³-hybridized carbons (Fsp3) is 0.462. The molecule has 2 aromatic rings. The van der Waals surface area contributed by atoms with E-state index >= 15 is 0 Å². The van der Waals surface area contributed by atoms with Gasteiger partial charge in [-0.3, -0.25) is 9.36 Å². The standard InChI is InChI=1S/C26H34NO6P/c1-7-33-25(30)22(10-15(2)3)27-24(29)21-14-18(8-9-23(21)28)13-20-16(4)11-19(12-17(20)5)26(6,31)34-32/h8-9,11-12,14-15,22,28,31H,7,10,13H2,1-6H3,(H,27,29). The fourth-order valence-corrected chi connectivity index (χ4v) is 4.08. The van der Waals surface area contributed by atoms with E-state index in [4.69, 9.17) is 4.74 Å². The van der Waals surface area contributed by atoms with Crippen LogP contribution in [0.25, 0.3) is 0 Å². The summed E-state index contributed by atoms with van der Waals surface area (Å²) in [5.74, 6) is -1.07. The maximum absolute atomic E-state index is 13.0. The third kappa shape index (κ3) is 6.87. The minimum Gasteiger partial charge on any atom is -0.507 e. The zero-order chi connectivity index (χ0) is 25.6. The predicted molar refractivity (Wildman–Crippen MR) is 131 cm³/mol. The van der Waals surface area contributed by atoms with Gasteiger partial charge in [-0.1, -0.05) is 32.0 Å². The van der Waals surface area contributed by atoms with E-state index in [1.165, 1.54) is 13.0 Å². The molecule has 184 valence electrons. The molecule has 0 aliphatic rings. The van der Waals surface area contributed by atoms with Gasteiger partial charge in [0.15, 0.2) is 13.8 Å². The van der Waals surface area contributed by atoms with Gasteiger partial charge in [-0.05, 0) is 86.4 Å². The summed E-state index contributed by atoms with van der Waals surface area (Å²) >= 11 is 0. The number of phenolic OH excluding ortho intramolecular Hbond substituents is 1. The molecule has 2 atom stereocenters. The number of hydrogen-bond acceptors (Lipinski definition) is 6. The number of carbonyl (C=O) groups is 2. The first kappa shape index (κ1) is 27.5. The Morgan fingerprint density at radius 3 is 2.29 bits per heavy atom. The normalized spacial score (nSPS) is 14.0. The molecule has 1 amide bonds. The molecule has 2 rings (SSSR count). The van der Waals surface area contributed by atoms with Crippen molar-refractivity contribution in [3.63, 3.8) is 0 Å². The molecule has 8 heteroatoms. The molecular formula is C26H34NO6P. The highest BCUT2D eigenvalue weighted by molar-refractivity contribution is 7.25. The molecule has 0 aliphatic heterocycles. The van der Waals surface area contributed by atoms with Crippen LogP contribution in [0.3, 0.4) is 0 Å². The average Bonchev–Trinajstić information content (AvgIpc) is 2.76. The highest BCUT2D eigenvalue weighted by atomic mass is 31.1. The number of aryl methyl sites for hydroxylation is 2. The van der Waals surface area contributed by atoms with Crippen LogP contribution in [0, 0.1) is 19.8 Å². The van der Waals surface area contributed by atoms with Gasteiger partial charge >= 0.3 is 5.97 Å². The second-order valence-corrected chi connectivity index (χ2v) is 10.2. The summed E-state index contributed by atoms with van der Waals surface area (Å²) in [6, 6.07) is 7.62. The van der Waals surface area contributed by atoms with Gasteiger partial charge < -0.3 is 20.3 Å². The van der Waals surface area contributed by atoms with Gasteiger partial charge in [0.2, 0.25) is 0 Å². The van der Waals surface area contributed by atoms with Crippen molar-refractivity contribution in [1.29, 1.82) is 0 Å². The van der Waals surface area contributed by atoms with E-state index in [0.717, 1.165) is 22.3 Å². The summed E-state index contributed by atoms with van der Waals surface area (Å²) in [7, 11) is -0.380. The summed E-state index contributed by atoms with van der Waals surface area (Å²) in [6.45, 7) is 11.1. The average molecular weight is 488 g/mol. The number of carbonyl (C=O) groups excluding carboxylic acids is 2. The second-order valence-electron chi connectivity index (χ2n) is 9.14. The van der Waals surface area contributed by atoms with E-state index in [9.17, 15) is 24.4 Å². The van der Waals surface area contributed by atoms with Crippen molar-refractivity contribution in [1.82, 2.24) is 5.32 Å². The molecule has 0 heterocycles. The van der Waals surface area contributed by atoms with Crippen LogP contribution < -0.4 is 5.32 Å². The van der Waals surface area contributed by atoms with E-state index < -0.39 is 23.3 Å². The highest BCUT2D eigenvalue weighted by Crippen LogP contribution is 2.34. The SMILES string of the molecule is CCOC(=O)C(CC(C)C)NC(=O)c1cc(Cc2c(C)cc(C(C)(O)P=O)cc2C)ccc1O. The van der Waals surface area contributed by atoms with Crippen LogP contribution in [-0.2, 0) is 25.9 Å². The Hall–Kier alpha value is -2.76. The molecule has 0 bridgehead atoms. The number of hydrogen-bond donors (Lipinski definition) is 3. The van der Waals surface area contributed by atoms with E-state index in [2.05, 4.69) is 5.32 Å². The highest BCUT2D eigenvalue weighted by Gasteiger charge is 2.26. The smallest absolute Gasteiger partial charge is 0.328 e. The van der Waals surface area contributed by atoms with E-state index in [1.807, 2.05) is 27.7 Å². The molecule has 0 saturated carbocycles. The zero-order valence-corrected chi connectivity index (χ0v) is 21.5. The summed E-state index contributed by atoms with van der Waals surface area (Å²) in [5.41, 5.74) is 4.27. The Bertz CT molecular complexity index is 1040. The van der Waals surface area contributed by atoms with Gasteiger partial charge in [0.1, 0.15) is 11.8 Å². The number of aliphatic hydroxyl groups is 1. The molecule has 0 aromatic heterocycles. The quantitative estimate of drug-likeness (QED) is 0.329. The molecule has 34 heavy (non-hydrogen) atoms. The predicted octanol–water partition coefficient (Wildman–Crippen LogP) is 4.76. The van der Waals surface area contributed by atoms with Crippen LogP contribution in [0.4, 0.5) is 0 Å². The van der Waals surface area contributed by atoms with Crippen LogP contribution in [0.2, 0.25) is 0 Å². The summed E-state index contributed by atoms with van der Waals surface area (Å²) in [5, 5.41) is 21.9. The molecular weight excluding hydrogens is 453 g/mol. The minimum absolute atomic E-state index is 0.0792. The molecule has 2 unspecified atom stereocenters. The zero-order valence-electron chi connectivity index (χ0n) is 20.6. The van der Waals surface area contributed by atoms with Crippen molar-refractivity contribution in [2.24, 2.45) is 5.92 Å². The van der Waals surface area contributed by atoms with E-state index in [1.54, 1.807) is 31.2 Å². The number of nitrogens with one attached hydrogen (secondary N) is 1. The van der Waals surface area contributed by atoms with Crippen LogP contribution in [0.15, 0.2) is 30.3 Å². The molecule has 0 fully saturated rings. The van der Waals surface area contributed by atoms with E-state index in [-0.39, 0.29) is 32.3 Å². The largest absolute Gasteiger partial charge is 0.507 e. The Balaban J connectivity index is 2.32. The Kier molecular flexibility index (Phi) is 9.37. The topological polar surface area (TPSA) is 113 Å². The van der Waals surface area contributed by atoms with Crippen LogP contribution in [0.5, 0.6) is 5.75 Å². The second kappa shape index (κ2) is 11.6. The number of rotatable bonds is 10. The van der Waals surface area contributed by atoms with Crippen LogP contribution >= 0.6 is 8.46 Å². The molecule has 3 N–H and O–H groups in total. The first-order valence-electron chi connectivity index (χ1n) is 11.4. The Labute approximate surface area is 202 Å². The number of ether oxygens (including phenoxy) is 1. The number of aromatic hydroxyl groups is 1. The summed E-state index contributed by atoms with van der Waals surface area (Å²) in [6.07, 6.45) is 0.908. The molecule has 0 aliphatic carbocycles. The molecule has 0 saturated heterocycles. The lowest BCUT2D eigenvalue weighted by molar-refractivity contribution is -0.145. The Morgan fingerprint density at radius 1 is 1.15 bits per heavy atom. The number of phenols is 1. The van der Waals surface area contributed by atoms with Crippen LogP contribution in [0.1, 0.15) is 72.3 Å². The fourth-order valence-electron chi connectivity index (χ4n) is 3.84. The third-order valence-electron chi connectivity index (χ3n) is 5.69. The summed E-state index contributed by atoms with van der Waals surface area (Å²) in [4.78, 5) is 25.3. The number of benzene rings is 2. The first-order valence-corrected chi connectivity index (χ1v) is 12.2. The lowest BCUT2D eigenvalue weighted by Gasteiger charge is -2.20. The van der Waals surface area contributed by atoms with Crippen molar-refractivity contribution in [2.45, 2.75) is 65.8 Å². The first-order chi connectivity index (χ1) is 15.9. The van der Waals surface area contributed by atoms with Crippen molar-refractivity contribution in [2.75, 3.05) is 6.61 Å². The lowest BCUT2D eigenvalue weighted by Crippen LogP contribution is -2.42. The monoisotopic (exact) mass is 487 g/mol. The Morgan fingerprint density at radius 2 is 1.76 bits per heavy atom. The van der Waals surface area contributed by atoms with Crippen molar-refractivity contribution in [3.05, 3.63) is 63.7 Å². The lowest BCUT2D eigenvalue weighted by atomic mass is 9.92. The van der Waals surface area contributed by atoms with Gasteiger partial charge in [-0.2, -0.15) is 0 Å². The van der Waals surface area contributed by atoms with Gasteiger partial charge in [0.25, 0.3) is 5.91 Å². The maximum Gasteiger partial charge on any atom is 0.328 e. The van der Waals surface area contributed by atoms with Gasteiger partial charge in [-0.25, -0.2) is 4.79 Å². The maximum atomic E-state index is 13.0.